The van der Waals surface area contributed by atoms with Gasteiger partial charge in [-0.3, -0.25) is 4.68 Å². The van der Waals surface area contributed by atoms with Crippen LogP contribution >= 0.6 is 31.9 Å². The summed E-state index contributed by atoms with van der Waals surface area (Å²) in [6.07, 6.45) is 3.99. The molecule has 0 saturated heterocycles. The van der Waals surface area contributed by atoms with Crippen LogP contribution in [-0.2, 0) is 12.1 Å². The molecular formula is C14H17Br2N3. The van der Waals surface area contributed by atoms with Gasteiger partial charge in [0.15, 0.2) is 0 Å². The molecule has 1 N–H and O–H groups in total. The zero-order chi connectivity index (χ0) is 14.0. The van der Waals surface area contributed by atoms with E-state index in [1.54, 1.807) is 0 Å². The topological polar surface area (TPSA) is 29.9 Å². The molecule has 3 nitrogen and oxygen atoms in total. The van der Waals surface area contributed by atoms with E-state index in [2.05, 4.69) is 75.3 Å². The van der Waals surface area contributed by atoms with Crippen LogP contribution in [0.15, 0.2) is 39.5 Å². The summed E-state index contributed by atoms with van der Waals surface area (Å²) in [7, 11) is 0. The van der Waals surface area contributed by atoms with E-state index in [9.17, 15) is 0 Å². The van der Waals surface area contributed by atoms with Crippen LogP contribution < -0.4 is 5.32 Å². The highest BCUT2D eigenvalue weighted by atomic mass is 79.9. The summed E-state index contributed by atoms with van der Waals surface area (Å²) >= 11 is 7.01. The molecule has 0 saturated carbocycles. The van der Waals surface area contributed by atoms with Crippen molar-refractivity contribution in [3.8, 4) is 0 Å². The molecule has 5 heteroatoms. The lowest BCUT2D eigenvalue weighted by atomic mass is 10.1. The van der Waals surface area contributed by atoms with E-state index >= 15 is 0 Å². The normalized spacial score (nSPS) is 11.6. The van der Waals surface area contributed by atoms with Crippen LogP contribution in [0.5, 0.6) is 0 Å². The molecule has 2 aromatic rings. The first-order valence-electron chi connectivity index (χ1n) is 6.09. The number of nitrogens with one attached hydrogen (secondary N) is 1. The minimum absolute atomic E-state index is 0.0224. The van der Waals surface area contributed by atoms with Crippen molar-refractivity contribution in [1.82, 2.24) is 9.78 Å². The third-order valence-corrected chi connectivity index (χ3v) is 3.92. The fourth-order valence-corrected chi connectivity index (χ4v) is 2.40. The van der Waals surface area contributed by atoms with Crippen LogP contribution in [0.25, 0.3) is 0 Å². The van der Waals surface area contributed by atoms with Gasteiger partial charge in [0.2, 0.25) is 0 Å². The molecule has 0 unspecified atom stereocenters. The Morgan fingerprint density at radius 2 is 2.00 bits per heavy atom. The molecule has 0 aliphatic rings. The second-order valence-corrected chi connectivity index (χ2v) is 7.21. The first-order chi connectivity index (χ1) is 8.86. The lowest BCUT2D eigenvalue weighted by Gasteiger charge is -2.18. The van der Waals surface area contributed by atoms with Crippen LogP contribution in [0.1, 0.15) is 26.3 Å². The van der Waals surface area contributed by atoms with E-state index in [0.29, 0.717) is 0 Å². The van der Waals surface area contributed by atoms with Gasteiger partial charge in [-0.1, -0.05) is 15.9 Å². The summed E-state index contributed by atoms with van der Waals surface area (Å²) in [6.45, 7) is 7.18. The molecule has 1 aromatic heterocycles. The lowest BCUT2D eigenvalue weighted by Crippen LogP contribution is -2.21. The summed E-state index contributed by atoms with van der Waals surface area (Å²) in [5, 5.41) is 7.80. The molecule has 102 valence electrons. The van der Waals surface area contributed by atoms with E-state index in [0.717, 1.165) is 21.2 Å². The third kappa shape index (κ3) is 3.83. The smallest absolute Gasteiger partial charge is 0.0543 e. The lowest BCUT2D eigenvalue weighted by molar-refractivity contribution is 0.355. The quantitative estimate of drug-likeness (QED) is 0.822. The van der Waals surface area contributed by atoms with Crippen molar-refractivity contribution < 1.29 is 0 Å². The fraction of sp³-hybridized carbons (Fsp3) is 0.357. The number of benzene rings is 1. The number of rotatable bonds is 3. The van der Waals surface area contributed by atoms with Crippen LogP contribution in [0, 0.1) is 0 Å². The molecule has 0 spiro atoms. The molecule has 1 heterocycles. The van der Waals surface area contributed by atoms with Gasteiger partial charge in [-0.05, 0) is 54.9 Å². The van der Waals surface area contributed by atoms with Crippen LogP contribution in [0.3, 0.4) is 0 Å². The Labute approximate surface area is 130 Å². The Morgan fingerprint density at radius 3 is 2.63 bits per heavy atom. The summed E-state index contributed by atoms with van der Waals surface area (Å²) < 4.78 is 4.10. The van der Waals surface area contributed by atoms with Gasteiger partial charge in [0.25, 0.3) is 0 Å². The average Bonchev–Trinajstić information content (AvgIpc) is 2.79. The van der Waals surface area contributed by atoms with Crippen LogP contribution in [0.2, 0.25) is 0 Å². The van der Waals surface area contributed by atoms with E-state index in [4.69, 9.17) is 0 Å². The van der Waals surface area contributed by atoms with E-state index in [-0.39, 0.29) is 5.54 Å². The van der Waals surface area contributed by atoms with Crippen molar-refractivity contribution in [2.75, 3.05) is 5.32 Å². The Balaban J connectivity index is 2.06. The molecule has 0 fully saturated rings. The average molecular weight is 387 g/mol. The number of halogens is 2. The second-order valence-electron chi connectivity index (χ2n) is 5.44. The first-order valence-corrected chi connectivity index (χ1v) is 7.68. The maximum atomic E-state index is 4.40. The van der Waals surface area contributed by atoms with Gasteiger partial charge in [-0.15, -0.1) is 0 Å². The SMILES string of the molecule is CC(C)(C)n1cc(CNc2cc(Br)ccc2Br)cn1. The molecule has 19 heavy (non-hydrogen) atoms. The molecular weight excluding hydrogens is 370 g/mol. The van der Waals surface area contributed by atoms with Gasteiger partial charge in [-0.2, -0.15) is 5.10 Å². The van der Waals surface area contributed by atoms with E-state index < -0.39 is 0 Å². The second kappa shape index (κ2) is 5.67. The van der Waals surface area contributed by atoms with Crippen LogP contribution in [0.4, 0.5) is 5.69 Å². The Hall–Kier alpha value is -0.810. The molecule has 0 aliphatic carbocycles. The highest BCUT2D eigenvalue weighted by molar-refractivity contribution is 9.11. The Kier molecular flexibility index (Phi) is 4.36. The number of hydrogen-bond acceptors (Lipinski definition) is 2. The molecule has 0 amide bonds. The van der Waals surface area contributed by atoms with Gasteiger partial charge in [0.05, 0.1) is 11.7 Å². The number of hydrogen-bond donors (Lipinski definition) is 1. The van der Waals surface area contributed by atoms with Gasteiger partial charge < -0.3 is 5.32 Å². The largest absolute Gasteiger partial charge is 0.380 e. The monoisotopic (exact) mass is 385 g/mol. The fourth-order valence-electron chi connectivity index (χ4n) is 1.65. The number of nitrogens with zero attached hydrogens (tertiary/aromatic N) is 2. The third-order valence-electron chi connectivity index (χ3n) is 2.73. The minimum atomic E-state index is 0.0224. The van der Waals surface area contributed by atoms with Gasteiger partial charge >= 0.3 is 0 Å². The molecule has 1 aromatic carbocycles. The summed E-state index contributed by atoms with van der Waals surface area (Å²) in [4.78, 5) is 0. The van der Waals surface area contributed by atoms with E-state index in [1.807, 2.05) is 23.0 Å². The molecule has 0 radical (unpaired) electrons. The van der Waals surface area contributed by atoms with Gasteiger partial charge in [0, 0.05) is 32.9 Å². The Bertz CT molecular complexity index is 570. The maximum Gasteiger partial charge on any atom is 0.0543 e. The van der Waals surface area contributed by atoms with Crippen molar-refractivity contribution in [3.63, 3.8) is 0 Å². The molecule has 0 bridgehead atoms. The molecule has 0 atom stereocenters. The van der Waals surface area contributed by atoms with Crippen molar-refractivity contribution in [2.45, 2.75) is 32.9 Å². The predicted molar refractivity (Wildman–Crippen MR) is 86.4 cm³/mol. The summed E-state index contributed by atoms with van der Waals surface area (Å²) in [5.74, 6) is 0. The highest BCUT2D eigenvalue weighted by Crippen LogP contribution is 2.26. The Morgan fingerprint density at radius 1 is 1.26 bits per heavy atom. The summed E-state index contributed by atoms with van der Waals surface area (Å²) in [5.41, 5.74) is 2.26. The van der Waals surface area contributed by atoms with Crippen molar-refractivity contribution in [1.29, 1.82) is 0 Å². The number of anilines is 1. The number of aromatic nitrogens is 2. The van der Waals surface area contributed by atoms with Crippen LogP contribution in [-0.4, -0.2) is 9.78 Å². The maximum absolute atomic E-state index is 4.40. The van der Waals surface area contributed by atoms with E-state index in [1.165, 1.54) is 5.56 Å². The van der Waals surface area contributed by atoms with Crippen molar-refractivity contribution in [3.05, 3.63) is 45.1 Å². The zero-order valence-electron chi connectivity index (χ0n) is 11.2. The van der Waals surface area contributed by atoms with Crippen molar-refractivity contribution in [2.24, 2.45) is 0 Å². The highest BCUT2D eigenvalue weighted by Gasteiger charge is 2.13. The molecule has 2 rings (SSSR count). The first kappa shape index (κ1) is 14.6. The van der Waals surface area contributed by atoms with Crippen molar-refractivity contribution >= 4 is 37.5 Å². The van der Waals surface area contributed by atoms with Gasteiger partial charge in [0.1, 0.15) is 0 Å². The minimum Gasteiger partial charge on any atom is -0.380 e. The summed E-state index contributed by atoms with van der Waals surface area (Å²) in [6, 6.07) is 6.08. The van der Waals surface area contributed by atoms with Gasteiger partial charge in [-0.25, -0.2) is 0 Å². The standard InChI is InChI=1S/C14H17Br2N3/c1-14(2,3)19-9-10(8-18-19)7-17-13-6-11(15)4-5-12(13)16/h4-6,8-9,17H,7H2,1-3H3. The molecule has 0 aliphatic heterocycles. The predicted octanol–water partition coefficient (Wildman–Crippen LogP) is 4.78. The zero-order valence-corrected chi connectivity index (χ0v) is 14.4.